The Morgan fingerprint density at radius 3 is 3.06 bits per heavy atom. The van der Waals surface area contributed by atoms with Crippen LogP contribution < -0.4 is 10.6 Å². The van der Waals surface area contributed by atoms with Crippen LogP contribution in [-0.4, -0.2) is 42.3 Å². The number of nitrogens with two attached hydrogens (primary N) is 1. The quantitative estimate of drug-likeness (QED) is 0.722. The molecule has 6 nitrogen and oxygen atoms in total. The average molecular weight is 219 g/mol. The van der Waals surface area contributed by atoms with Crippen molar-refractivity contribution in [3.05, 3.63) is 18.1 Å². The van der Waals surface area contributed by atoms with Crippen molar-refractivity contribution in [3.8, 4) is 6.07 Å². The first-order valence-corrected chi connectivity index (χ1v) is 5.12. The van der Waals surface area contributed by atoms with Crippen molar-refractivity contribution in [2.45, 2.75) is 6.10 Å². The smallest absolute Gasteiger partial charge is 0.158 e. The Morgan fingerprint density at radius 2 is 2.44 bits per heavy atom. The zero-order valence-electron chi connectivity index (χ0n) is 8.83. The van der Waals surface area contributed by atoms with Gasteiger partial charge in [0.2, 0.25) is 0 Å². The van der Waals surface area contributed by atoms with E-state index in [0.717, 1.165) is 18.9 Å². The lowest BCUT2D eigenvalue weighted by Gasteiger charge is -2.32. The van der Waals surface area contributed by atoms with E-state index >= 15 is 0 Å². The fourth-order valence-electron chi connectivity index (χ4n) is 1.61. The first-order valence-electron chi connectivity index (χ1n) is 5.12. The van der Waals surface area contributed by atoms with Gasteiger partial charge in [-0.2, -0.15) is 5.26 Å². The predicted molar refractivity (Wildman–Crippen MR) is 57.8 cm³/mol. The summed E-state index contributed by atoms with van der Waals surface area (Å²) in [5, 5.41) is 8.62. The highest BCUT2D eigenvalue weighted by molar-refractivity contribution is 5.37. The molecule has 1 saturated heterocycles. The van der Waals surface area contributed by atoms with Crippen LogP contribution >= 0.6 is 0 Å². The fraction of sp³-hybridized carbons (Fsp3) is 0.500. The Kier molecular flexibility index (Phi) is 3.29. The third-order valence-corrected chi connectivity index (χ3v) is 2.48. The zero-order valence-corrected chi connectivity index (χ0v) is 8.83. The summed E-state index contributed by atoms with van der Waals surface area (Å²) >= 11 is 0. The maximum Gasteiger partial charge on any atom is 0.158 e. The highest BCUT2D eigenvalue weighted by Gasteiger charge is 2.20. The molecular formula is C10H13N5O. The van der Waals surface area contributed by atoms with Crippen LogP contribution in [0.3, 0.4) is 0 Å². The van der Waals surface area contributed by atoms with Crippen LogP contribution in [0, 0.1) is 11.3 Å². The standard InChI is InChI=1S/C10H13N5O/c11-3-8-5-14-10(6-13-8)15-1-2-16-9(4-12)7-15/h5-6,9H,1-2,4,7,12H2. The van der Waals surface area contributed by atoms with E-state index < -0.39 is 0 Å². The topological polar surface area (TPSA) is 88.1 Å². The number of hydrogen-bond donors (Lipinski definition) is 1. The molecule has 0 saturated carbocycles. The highest BCUT2D eigenvalue weighted by Crippen LogP contribution is 2.13. The van der Waals surface area contributed by atoms with Crippen molar-refractivity contribution in [2.75, 3.05) is 31.1 Å². The largest absolute Gasteiger partial charge is 0.373 e. The number of hydrogen-bond acceptors (Lipinski definition) is 6. The zero-order chi connectivity index (χ0) is 11.4. The first kappa shape index (κ1) is 10.8. The number of rotatable bonds is 2. The van der Waals surface area contributed by atoms with Gasteiger partial charge in [0.1, 0.15) is 11.9 Å². The first-order chi connectivity index (χ1) is 7.83. The van der Waals surface area contributed by atoms with Crippen LogP contribution in [0.5, 0.6) is 0 Å². The van der Waals surface area contributed by atoms with E-state index in [2.05, 4.69) is 14.9 Å². The molecule has 1 aliphatic heterocycles. The molecule has 0 amide bonds. The molecule has 1 aromatic rings. The van der Waals surface area contributed by atoms with E-state index in [1.54, 1.807) is 6.20 Å². The Labute approximate surface area is 93.7 Å². The molecule has 2 heterocycles. The van der Waals surface area contributed by atoms with Crippen molar-refractivity contribution in [2.24, 2.45) is 5.73 Å². The molecule has 0 aliphatic carbocycles. The van der Waals surface area contributed by atoms with Gasteiger partial charge in [0, 0.05) is 19.6 Å². The van der Waals surface area contributed by atoms with Gasteiger partial charge in [-0.1, -0.05) is 0 Å². The fourth-order valence-corrected chi connectivity index (χ4v) is 1.61. The van der Waals surface area contributed by atoms with Gasteiger partial charge in [-0.15, -0.1) is 0 Å². The average Bonchev–Trinajstić information content (AvgIpc) is 2.39. The minimum Gasteiger partial charge on any atom is -0.373 e. The third kappa shape index (κ3) is 2.27. The Bertz CT molecular complexity index is 385. The van der Waals surface area contributed by atoms with Crippen molar-refractivity contribution >= 4 is 5.82 Å². The molecule has 6 heteroatoms. The van der Waals surface area contributed by atoms with Gasteiger partial charge in [0.15, 0.2) is 5.69 Å². The lowest BCUT2D eigenvalue weighted by molar-refractivity contribution is 0.0463. The van der Waals surface area contributed by atoms with E-state index in [0.29, 0.717) is 18.8 Å². The molecule has 16 heavy (non-hydrogen) atoms. The molecule has 2 N–H and O–H groups in total. The van der Waals surface area contributed by atoms with E-state index in [-0.39, 0.29) is 6.10 Å². The minimum atomic E-state index is 0.0474. The Hall–Kier alpha value is -1.71. The summed E-state index contributed by atoms with van der Waals surface area (Å²) in [6.07, 6.45) is 3.13. The van der Waals surface area contributed by atoms with Gasteiger partial charge >= 0.3 is 0 Å². The molecule has 0 aromatic carbocycles. The SMILES string of the molecule is N#Cc1cnc(N2CCOC(CN)C2)cn1. The van der Waals surface area contributed by atoms with Gasteiger partial charge < -0.3 is 15.4 Å². The highest BCUT2D eigenvalue weighted by atomic mass is 16.5. The molecule has 84 valence electrons. The summed E-state index contributed by atoms with van der Waals surface area (Å²) in [5.41, 5.74) is 5.88. The molecule has 1 unspecified atom stereocenters. The van der Waals surface area contributed by atoms with Crippen molar-refractivity contribution in [1.29, 1.82) is 5.26 Å². The molecule has 1 aliphatic rings. The molecule has 1 aromatic heterocycles. The van der Waals surface area contributed by atoms with Crippen molar-refractivity contribution in [3.63, 3.8) is 0 Å². The summed E-state index contributed by atoms with van der Waals surface area (Å²) in [5.74, 6) is 0.765. The summed E-state index contributed by atoms with van der Waals surface area (Å²) in [7, 11) is 0. The molecular weight excluding hydrogens is 206 g/mol. The molecule has 0 bridgehead atoms. The van der Waals surface area contributed by atoms with Gasteiger partial charge in [-0.3, -0.25) is 0 Å². The van der Waals surface area contributed by atoms with E-state index in [9.17, 15) is 0 Å². The van der Waals surface area contributed by atoms with Crippen LogP contribution in [0.2, 0.25) is 0 Å². The normalized spacial score (nSPS) is 20.5. The predicted octanol–water partition coefficient (Wildman–Crippen LogP) is -0.488. The summed E-state index contributed by atoms with van der Waals surface area (Å²) < 4.78 is 5.46. The summed E-state index contributed by atoms with van der Waals surface area (Å²) in [4.78, 5) is 10.2. The minimum absolute atomic E-state index is 0.0474. The Balaban J connectivity index is 2.08. The maximum atomic E-state index is 8.62. The van der Waals surface area contributed by atoms with E-state index in [4.69, 9.17) is 15.7 Å². The second-order valence-corrected chi connectivity index (χ2v) is 3.55. The second kappa shape index (κ2) is 4.88. The molecule has 1 atom stereocenters. The van der Waals surface area contributed by atoms with Gasteiger partial charge in [0.25, 0.3) is 0 Å². The van der Waals surface area contributed by atoms with Crippen molar-refractivity contribution < 1.29 is 4.74 Å². The number of morpholine rings is 1. The summed E-state index contributed by atoms with van der Waals surface area (Å²) in [6.45, 7) is 2.64. The number of nitriles is 1. The Morgan fingerprint density at radius 1 is 1.56 bits per heavy atom. The van der Waals surface area contributed by atoms with Crippen LogP contribution in [0.4, 0.5) is 5.82 Å². The lowest BCUT2D eigenvalue weighted by atomic mass is 10.3. The summed E-state index contributed by atoms with van der Waals surface area (Å²) in [6, 6.07) is 1.94. The monoisotopic (exact) mass is 219 g/mol. The van der Waals surface area contributed by atoms with Gasteiger partial charge in [0.05, 0.1) is 25.1 Å². The van der Waals surface area contributed by atoms with Gasteiger partial charge in [-0.25, -0.2) is 9.97 Å². The van der Waals surface area contributed by atoms with Crippen LogP contribution in [0.25, 0.3) is 0 Å². The number of anilines is 1. The molecule has 2 rings (SSSR count). The van der Waals surface area contributed by atoms with Crippen LogP contribution in [0.1, 0.15) is 5.69 Å². The molecule has 1 fully saturated rings. The number of aromatic nitrogens is 2. The lowest BCUT2D eigenvalue weighted by Crippen LogP contribution is -2.46. The van der Waals surface area contributed by atoms with Gasteiger partial charge in [-0.05, 0) is 0 Å². The molecule has 0 spiro atoms. The van der Waals surface area contributed by atoms with E-state index in [1.807, 2.05) is 6.07 Å². The molecule has 0 radical (unpaired) electrons. The third-order valence-electron chi connectivity index (χ3n) is 2.48. The maximum absolute atomic E-state index is 8.62. The number of ether oxygens (including phenoxy) is 1. The van der Waals surface area contributed by atoms with E-state index in [1.165, 1.54) is 6.20 Å². The van der Waals surface area contributed by atoms with Crippen molar-refractivity contribution in [1.82, 2.24) is 9.97 Å². The number of nitrogens with zero attached hydrogens (tertiary/aromatic N) is 4. The second-order valence-electron chi connectivity index (χ2n) is 3.55. The van der Waals surface area contributed by atoms with Crippen LogP contribution in [0.15, 0.2) is 12.4 Å². The van der Waals surface area contributed by atoms with Crippen LogP contribution in [-0.2, 0) is 4.74 Å².